The van der Waals surface area contributed by atoms with Crippen LogP contribution in [0.1, 0.15) is 0 Å². The topological polar surface area (TPSA) is 46.2 Å². The summed E-state index contributed by atoms with van der Waals surface area (Å²) < 4.78 is 23.8. The van der Waals surface area contributed by atoms with E-state index in [1.54, 1.807) is 16.4 Å². The van der Waals surface area contributed by atoms with Crippen molar-refractivity contribution in [2.24, 2.45) is 0 Å². The molecule has 0 aliphatic carbocycles. The summed E-state index contributed by atoms with van der Waals surface area (Å²) in [4.78, 5) is -0.0262. The molecular formula is C6H5Cl2NNaO2S. The molecule has 0 unspecified atom stereocenters. The van der Waals surface area contributed by atoms with Gasteiger partial charge in [-0.25, -0.2) is 8.42 Å². The maximum Gasteiger partial charge on any atom is 0.255 e. The predicted octanol–water partition coefficient (Wildman–Crippen LogP) is 1.39. The van der Waals surface area contributed by atoms with Crippen LogP contribution in [0.3, 0.4) is 0 Å². The van der Waals surface area contributed by atoms with Crippen LogP contribution in [-0.4, -0.2) is 38.0 Å². The van der Waals surface area contributed by atoms with E-state index in [1.165, 1.54) is 12.1 Å². The summed E-state index contributed by atoms with van der Waals surface area (Å²) >= 11 is 10.6. The van der Waals surface area contributed by atoms with Crippen molar-refractivity contribution in [3.05, 3.63) is 29.3 Å². The number of nitrogens with one attached hydrogen (secondary N) is 1. The Kier molecular flexibility index (Phi) is 5.86. The third-order valence-corrected chi connectivity index (χ3v) is 3.42. The molecule has 1 radical (unpaired) electrons. The summed E-state index contributed by atoms with van der Waals surface area (Å²) in [5, 5.41) is 0.144. The van der Waals surface area contributed by atoms with Gasteiger partial charge in [0.05, 0.1) is 5.02 Å². The maximum absolute atomic E-state index is 11.1. The van der Waals surface area contributed by atoms with Crippen molar-refractivity contribution in [2.75, 3.05) is 0 Å². The minimum Gasteiger partial charge on any atom is -0.206 e. The Morgan fingerprint density at radius 3 is 2.23 bits per heavy atom. The molecule has 7 heteroatoms. The molecule has 0 fully saturated rings. The molecule has 1 N–H and O–H groups in total. The molecule has 67 valence electrons. The number of hydrogen-bond acceptors (Lipinski definition) is 2. The zero-order chi connectivity index (χ0) is 9.19. The quantitative estimate of drug-likeness (QED) is 0.636. The SMILES string of the molecule is O=S(=O)(NCl)c1ccccc1Cl.[Na]. The van der Waals surface area contributed by atoms with Gasteiger partial charge in [0.1, 0.15) is 4.90 Å². The average Bonchev–Trinajstić information content (AvgIpc) is 2.05. The number of rotatable bonds is 2. The average molecular weight is 249 g/mol. The molecule has 0 saturated carbocycles. The summed E-state index contributed by atoms with van der Waals surface area (Å²) in [6.45, 7) is 0. The van der Waals surface area contributed by atoms with Crippen molar-refractivity contribution in [3.63, 3.8) is 0 Å². The zero-order valence-corrected chi connectivity index (χ0v) is 11.1. The summed E-state index contributed by atoms with van der Waals surface area (Å²) in [5.74, 6) is 0. The third-order valence-electron chi connectivity index (χ3n) is 1.23. The van der Waals surface area contributed by atoms with Crippen LogP contribution in [0, 0.1) is 0 Å². The normalized spacial score (nSPS) is 10.6. The van der Waals surface area contributed by atoms with Crippen LogP contribution in [0.4, 0.5) is 0 Å². The van der Waals surface area contributed by atoms with E-state index in [9.17, 15) is 8.42 Å². The van der Waals surface area contributed by atoms with Gasteiger partial charge in [0, 0.05) is 29.6 Å². The first-order chi connectivity index (χ1) is 5.58. The van der Waals surface area contributed by atoms with E-state index in [4.69, 9.17) is 23.4 Å². The molecule has 13 heavy (non-hydrogen) atoms. The second-order valence-corrected chi connectivity index (χ2v) is 4.48. The summed E-state index contributed by atoms with van der Waals surface area (Å²) in [6, 6.07) is 6.04. The Morgan fingerprint density at radius 1 is 1.23 bits per heavy atom. The van der Waals surface area contributed by atoms with Gasteiger partial charge in [-0.2, -0.15) is 0 Å². The Morgan fingerprint density at radius 2 is 1.77 bits per heavy atom. The summed E-state index contributed by atoms with van der Waals surface area (Å²) in [7, 11) is -3.65. The molecule has 0 heterocycles. The molecular weight excluding hydrogens is 244 g/mol. The van der Waals surface area contributed by atoms with Crippen molar-refractivity contribution in [2.45, 2.75) is 4.90 Å². The standard InChI is InChI=1S/C6H5Cl2NO2S.Na/c7-5-3-1-2-4-6(5)12(10,11)9-8;/h1-4,9H;. The molecule has 0 aromatic heterocycles. The smallest absolute Gasteiger partial charge is 0.206 e. The van der Waals surface area contributed by atoms with Crippen LogP contribution < -0.4 is 4.24 Å². The van der Waals surface area contributed by atoms with Crippen LogP contribution in [0.15, 0.2) is 29.2 Å². The van der Waals surface area contributed by atoms with E-state index in [0.717, 1.165) is 0 Å². The Balaban J connectivity index is 0.00000144. The first-order valence-electron chi connectivity index (χ1n) is 2.95. The molecule has 3 nitrogen and oxygen atoms in total. The van der Waals surface area contributed by atoms with E-state index in [0.29, 0.717) is 0 Å². The van der Waals surface area contributed by atoms with Crippen molar-refractivity contribution < 1.29 is 8.42 Å². The Hall–Kier alpha value is 0.710. The fraction of sp³-hybridized carbons (Fsp3) is 0. The van der Waals surface area contributed by atoms with Crippen molar-refractivity contribution >= 4 is 63.0 Å². The minimum absolute atomic E-state index is 0. The van der Waals surface area contributed by atoms with Gasteiger partial charge in [0.2, 0.25) is 0 Å². The minimum atomic E-state index is -3.65. The molecule has 0 spiro atoms. The second-order valence-electron chi connectivity index (χ2n) is 2.01. The summed E-state index contributed by atoms with van der Waals surface area (Å²) in [5.41, 5.74) is 0. The molecule has 0 aliphatic rings. The number of benzene rings is 1. The van der Waals surface area contributed by atoms with E-state index in [-0.39, 0.29) is 39.5 Å². The second kappa shape index (κ2) is 5.56. The van der Waals surface area contributed by atoms with Gasteiger partial charge >= 0.3 is 0 Å². The van der Waals surface area contributed by atoms with Gasteiger partial charge in [0.25, 0.3) is 10.0 Å². The first-order valence-corrected chi connectivity index (χ1v) is 5.19. The summed E-state index contributed by atoms with van der Waals surface area (Å²) in [6.07, 6.45) is 0. The van der Waals surface area contributed by atoms with Gasteiger partial charge < -0.3 is 0 Å². The Bertz CT molecular complexity index is 382. The Labute approximate surface area is 109 Å². The maximum atomic E-state index is 11.1. The van der Waals surface area contributed by atoms with Crippen LogP contribution in [0.25, 0.3) is 0 Å². The van der Waals surface area contributed by atoms with Gasteiger partial charge in [-0.05, 0) is 23.9 Å². The van der Waals surface area contributed by atoms with Gasteiger partial charge in [-0.1, -0.05) is 23.7 Å². The van der Waals surface area contributed by atoms with Crippen LogP contribution in [0.2, 0.25) is 5.02 Å². The fourth-order valence-corrected chi connectivity index (χ4v) is 2.06. The van der Waals surface area contributed by atoms with Crippen molar-refractivity contribution in [3.8, 4) is 0 Å². The molecule has 0 atom stereocenters. The fourth-order valence-electron chi connectivity index (χ4n) is 0.704. The zero-order valence-electron chi connectivity index (χ0n) is 6.79. The number of halogens is 2. The van der Waals surface area contributed by atoms with E-state index in [1.807, 2.05) is 0 Å². The first kappa shape index (κ1) is 13.7. The van der Waals surface area contributed by atoms with E-state index < -0.39 is 10.0 Å². The van der Waals surface area contributed by atoms with E-state index in [2.05, 4.69) is 0 Å². The molecule has 1 aromatic rings. The molecule has 1 rings (SSSR count). The van der Waals surface area contributed by atoms with Crippen molar-refractivity contribution in [1.29, 1.82) is 0 Å². The number of sulfonamides is 1. The molecule has 0 aliphatic heterocycles. The molecule has 1 aromatic carbocycles. The number of hydrogen-bond donors (Lipinski definition) is 1. The van der Waals surface area contributed by atoms with Gasteiger partial charge in [-0.3, -0.25) is 0 Å². The predicted molar refractivity (Wildman–Crippen MR) is 53.4 cm³/mol. The van der Waals surface area contributed by atoms with Gasteiger partial charge in [0.15, 0.2) is 0 Å². The van der Waals surface area contributed by atoms with Crippen molar-refractivity contribution in [1.82, 2.24) is 4.24 Å². The molecule has 0 saturated heterocycles. The largest absolute Gasteiger partial charge is 0.255 e. The van der Waals surface area contributed by atoms with Gasteiger partial charge in [-0.15, -0.1) is 4.24 Å². The monoisotopic (exact) mass is 248 g/mol. The third kappa shape index (κ3) is 3.40. The van der Waals surface area contributed by atoms with Crippen LogP contribution >= 0.6 is 23.4 Å². The molecule has 0 bridgehead atoms. The van der Waals surface area contributed by atoms with E-state index >= 15 is 0 Å². The molecule has 0 amide bonds. The van der Waals surface area contributed by atoms with Crippen LogP contribution in [0.5, 0.6) is 0 Å². The van der Waals surface area contributed by atoms with Crippen LogP contribution in [-0.2, 0) is 10.0 Å².